The molecule has 0 aromatic carbocycles. The molecule has 0 saturated carbocycles. The Labute approximate surface area is 53.2 Å². The van der Waals surface area contributed by atoms with Crippen molar-refractivity contribution in [3.8, 4) is 0 Å². The molecule has 4 heterocycles. The summed E-state index contributed by atoms with van der Waals surface area (Å²) in [6, 6.07) is 0. The Morgan fingerprint density at radius 1 is 0.667 bits per heavy atom. The van der Waals surface area contributed by atoms with Crippen LogP contribution in [-0.2, 0) is 0 Å². The van der Waals surface area contributed by atoms with Gasteiger partial charge in [0.15, 0.2) is 5.91 Å². The summed E-state index contributed by atoms with van der Waals surface area (Å²) >= 11 is 0. The molecule has 0 aliphatic carbocycles. The zero-order chi connectivity index (χ0) is 5.64. The summed E-state index contributed by atoms with van der Waals surface area (Å²) in [6.45, 7) is 4.86. The maximum Gasteiger partial charge on any atom is 0.200 e. The first kappa shape index (κ1) is 3.88. The van der Waals surface area contributed by atoms with Crippen LogP contribution in [0.4, 0.5) is 0 Å². The molecule has 4 aliphatic heterocycles. The quantitative estimate of drug-likeness (QED) is 0.397. The molecular weight excluding hydrogens is 116 g/mol. The van der Waals surface area contributed by atoms with Crippen LogP contribution in [0.1, 0.15) is 0 Å². The third-order valence-electron chi connectivity index (χ3n) is 3.06. The highest BCUT2D eigenvalue weighted by molar-refractivity contribution is 5.16. The van der Waals surface area contributed by atoms with Gasteiger partial charge in [-0.15, -0.1) is 0 Å². The van der Waals surface area contributed by atoms with E-state index in [1.807, 2.05) is 0 Å². The Bertz CT molecular complexity index is 150. The van der Waals surface area contributed by atoms with E-state index in [1.54, 1.807) is 0 Å². The van der Waals surface area contributed by atoms with E-state index in [9.17, 15) is 0 Å². The van der Waals surface area contributed by atoms with Crippen molar-refractivity contribution < 1.29 is 0 Å². The van der Waals surface area contributed by atoms with Gasteiger partial charge in [-0.25, -0.2) is 19.6 Å². The van der Waals surface area contributed by atoms with Crippen molar-refractivity contribution in [2.45, 2.75) is 5.91 Å². The summed E-state index contributed by atoms with van der Waals surface area (Å²) in [7, 11) is 0. The van der Waals surface area contributed by atoms with Gasteiger partial charge in [-0.3, -0.25) is 0 Å². The largest absolute Gasteiger partial charge is 0.233 e. The zero-order valence-electron chi connectivity index (χ0n) is 5.12. The first-order valence-corrected chi connectivity index (χ1v) is 3.42. The minimum absolute atomic E-state index is 0.389. The summed E-state index contributed by atoms with van der Waals surface area (Å²) in [5.74, 6) is 0.389. The van der Waals surface area contributed by atoms with Gasteiger partial charge in [0, 0.05) is 0 Å². The van der Waals surface area contributed by atoms with Gasteiger partial charge in [0.25, 0.3) is 0 Å². The first-order chi connectivity index (χ1) is 4.42. The van der Waals surface area contributed by atoms with Crippen molar-refractivity contribution in [3.05, 3.63) is 0 Å². The van der Waals surface area contributed by atoms with Crippen LogP contribution in [0.15, 0.2) is 0 Å². The lowest BCUT2D eigenvalue weighted by atomic mass is 10.0. The average Bonchev–Trinajstić information content (AvgIpc) is 1.54. The van der Waals surface area contributed by atoms with E-state index in [0.29, 0.717) is 5.91 Å². The molecule has 0 amide bonds. The van der Waals surface area contributed by atoms with Crippen LogP contribution >= 0.6 is 0 Å². The van der Waals surface area contributed by atoms with Gasteiger partial charge in [0.2, 0.25) is 0 Å². The van der Waals surface area contributed by atoms with Crippen LogP contribution in [0.25, 0.3) is 0 Å². The fourth-order valence-electron chi connectivity index (χ4n) is 2.65. The van der Waals surface area contributed by atoms with E-state index >= 15 is 0 Å². The molecule has 4 rings (SSSR count). The van der Waals surface area contributed by atoms with Crippen molar-refractivity contribution in [3.63, 3.8) is 0 Å². The first-order valence-electron chi connectivity index (χ1n) is 3.42. The van der Waals surface area contributed by atoms with Gasteiger partial charge >= 0.3 is 0 Å². The molecule has 48 valence electrons. The monoisotopic (exact) mass is 124 g/mol. The number of rotatable bonds is 0. The summed E-state index contributed by atoms with van der Waals surface area (Å²) < 4.78 is 0. The molecule has 1 spiro atoms. The lowest BCUT2D eigenvalue weighted by Crippen LogP contribution is -3.09. The third kappa shape index (κ3) is 0.168. The maximum absolute atomic E-state index is 2.50. The highest BCUT2D eigenvalue weighted by Gasteiger charge is 2.79. The molecule has 4 saturated heterocycles. The second-order valence-corrected chi connectivity index (χ2v) is 3.33. The molecule has 0 N–H and O–H groups in total. The van der Waals surface area contributed by atoms with Crippen LogP contribution < -0.4 is 0 Å². The second-order valence-electron chi connectivity index (χ2n) is 3.33. The summed E-state index contributed by atoms with van der Waals surface area (Å²) in [5.41, 5.74) is 0. The van der Waals surface area contributed by atoms with Crippen LogP contribution in [0.3, 0.4) is 0 Å². The zero-order valence-corrected chi connectivity index (χ0v) is 5.12. The van der Waals surface area contributed by atoms with E-state index in [0.717, 1.165) is 0 Å². The van der Waals surface area contributed by atoms with Gasteiger partial charge in [0.05, 0.1) is 26.7 Å². The van der Waals surface area contributed by atoms with E-state index in [-0.39, 0.29) is 0 Å². The Morgan fingerprint density at radius 3 is 1.11 bits per heavy atom. The topological polar surface area (TPSA) is 13.0 Å². The molecule has 0 radical (unpaired) electrons. The van der Waals surface area contributed by atoms with Gasteiger partial charge in [0.1, 0.15) is 0 Å². The van der Waals surface area contributed by atoms with Crippen molar-refractivity contribution >= 4 is 0 Å². The highest BCUT2D eigenvalue weighted by atomic mass is 16.0. The van der Waals surface area contributed by atoms with Gasteiger partial charge in [-0.05, 0) is 0 Å². The molecule has 4 aliphatic rings. The summed E-state index contributed by atoms with van der Waals surface area (Å²) in [5, 5.41) is 0. The van der Waals surface area contributed by atoms with Crippen molar-refractivity contribution in [1.29, 1.82) is 0 Å². The molecule has 0 atom stereocenters. The van der Waals surface area contributed by atoms with E-state index in [4.69, 9.17) is 0 Å². The van der Waals surface area contributed by atoms with Crippen molar-refractivity contribution in [1.82, 2.24) is 19.6 Å². The number of hydrogen-bond acceptors (Lipinski definition) is 4. The molecule has 0 aromatic rings. The van der Waals surface area contributed by atoms with Gasteiger partial charge in [-0.2, -0.15) is 0 Å². The fourth-order valence-corrected chi connectivity index (χ4v) is 2.65. The summed E-state index contributed by atoms with van der Waals surface area (Å²) in [6.07, 6.45) is 0. The molecule has 4 heteroatoms. The van der Waals surface area contributed by atoms with E-state index < -0.39 is 0 Å². The number of nitrogens with zero attached hydrogens (tertiary/aromatic N) is 4. The Balaban J connectivity index is 1.88. The normalized spacial score (nSPS) is 45.3. The molecule has 4 nitrogen and oxygen atoms in total. The van der Waals surface area contributed by atoms with Gasteiger partial charge in [-0.1, -0.05) is 0 Å². The molecule has 0 aromatic heterocycles. The lowest BCUT2D eigenvalue weighted by molar-refractivity contribution is -0.572. The van der Waals surface area contributed by atoms with Gasteiger partial charge < -0.3 is 0 Å². The van der Waals surface area contributed by atoms with Crippen LogP contribution in [0.2, 0.25) is 0 Å². The van der Waals surface area contributed by atoms with Crippen molar-refractivity contribution in [2.24, 2.45) is 0 Å². The standard InChI is InChI=1S/C5H8N4/c1-6-2-8-4-9-3-7(1)5(6,8)9/h1-4H2. The SMILES string of the molecule is C1N2CN3CN4CN1C234. The highest BCUT2D eigenvalue weighted by Crippen LogP contribution is 2.57. The number of hydrogen-bond donors (Lipinski definition) is 0. The fraction of sp³-hybridized carbons (Fsp3) is 1.00. The molecule has 9 heavy (non-hydrogen) atoms. The molecule has 0 bridgehead atoms. The second kappa shape index (κ2) is 0.769. The Kier molecular flexibility index (Phi) is 0.331. The smallest absolute Gasteiger partial charge is 0.200 e. The lowest BCUT2D eigenvalue weighted by Gasteiger charge is -2.88. The Morgan fingerprint density at radius 2 is 1.00 bits per heavy atom. The molecular formula is C5H8N4. The predicted octanol–water partition coefficient (Wildman–Crippen LogP) is -1.31. The average molecular weight is 124 g/mol. The minimum Gasteiger partial charge on any atom is -0.233 e. The Hall–Kier alpha value is -0.160. The van der Waals surface area contributed by atoms with E-state index in [1.165, 1.54) is 26.7 Å². The predicted molar refractivity (Wildman–Crippen MR) is 29.6 cm³/mol. The van der Waals surface area contributed by atoms with Crippen LogP contribution in [0, 0.1) is 0 Å². The van der Waals surface area contributed by atoms with Crippen molar-refractivity contribution in [2.75, 3.05) is 26.7 Å². The maximum atomic E-state index is 2.50. The van der Waals surface area contributed by atoms with Crippen LogP contribution in [0.5, 0.6) is 0 Å². The summed E-state index contributed by atoms with van der Waals surface area (Å²) in [4.78, 5) is 10.0. The minimum atomic E-state index is 0.389. The molecule has 4 fully saturated rings. The van der Waals surface area contributed by atoms with Crippen LogP contribution in [-0.4, -0.2) is 52.2 Å². The molecule has 0 unspecified atom stereocenters. The van der Waals surface area contributed by atoms with E-state index in [2.05, 4.69) is 19.6 Å². The third-order valence-corrected chi connectivity index (χ3v) is 3.06.